The molecule has 2 nitrogen and oxygen atoms in total. The topological polar surface area (TPSA) is 12.5 Å². The van der Waals surface area contributed by atoms with Gasteiger partial charge in [0, 0.05) is 18.2 Å². The van der Waals surface area contributed by atoms with Crippen molar-refractivity contribution < 1.29 is 4.52 Å². The first-order valence-electron chi connectivity index (χ1n) is 5.48. The monoisotopic (exact) mass is 201 g/mol. The van der Waals surface area contributed by atoms with Crippen molar-refractivity contribution in [3.8, 4) is 0 Å². The lowest BCUT2D eigenvalue weighted by Crippen LogP contribution is -2.41. The average Bonchev–Trinajstić information content (AvgIpc) is 2.17. The van der Waals surface area contributed by atoms with Crippen LogP contribution in [0, 0.1) is 0 Å². The Kier molecular flexibility index (Phi) is 3.23. The largest absolute Gasteiger partial charge is 0.343 e. The second-order valence-corrected chi connectivity index (χ2v) is 6.74. The van der Waals surface area contributed by atoms with Crippen LogP contribution < -0.4 is 0 Å². The van der Waals surface area contributed by atoms with Crippen LogP contribution in [0.25, 0.3) is 0 Å². The van der Waals surface area contributed by atoms with Crippen molar-refractivity contribution >= 4 is 8.30 Å². The third-order valence-electron chi connectivity index (χ3n) is 2.97. The molecule has 0 aromatic rings. The fourth-order valence-electron chi connectivity index (χ4n) is 2.34. The summed E-state index contributed by atoms with van der Waals surface area (Å²) < 4.78 is 8.56. The van der Waals surface area contributed by atoms with Crippen molar-refractivity contribution in [2.45, 2.75) is 51.2 Å². The van der Waals surface area contributed by atoms with Gasteiger partial charge >= 0.3 is 0 Å². The Balaban J connectivity index is 2.02. The SMILES string of the molecule is CC(C)P1OCCC2CCCCN21. The average molecular weight is 201 g/mol. The molecule has 2 rings (SSSR count). The summed E-state index contributed by atoms with van der Waals surface area (Å²) >= 11 is 0. The molecule has 0 amide bonds. The summed E-state index contributed by atoms with van der Waals surface area (Å²) in [6.45, 7) is 6.88. The molecule has 2 atom stereocenters. The lowest BCUT2D eigenvalue weighted by molar-refractivity contribution is 0.151. The molecule has 2 fully saturated rings. The Morgan fingerprint density at radius 3 is 2.92 bits per heavy atom. The Labute approximate surface area is 82.5 Å². The number of hydrogen-bond donors (Lipinski definition) is 0. The third kappa shape index (κ3) is 2.06. The van der Waals surface area contributed by atoms with Gasteiger partial charge in [0.25, 0.3) is 0 Å². The van der Waals surface area contributed by atoms with E-state index in [1.807, 2.05) is 0 Å². The summed E-state index contributed by atoms with van der Waals surface area (Å²) in [5, 5.41) is 0. The summed E-state index contributed by atoms with van der Waals surface area (Å²) in [7, 11) is -0.255. The van der Waals surface area contributed by atoms with Gasteiger partial charge in [-0.15, -0.1) is 0 Å². The molecule has 2 unspecified atom stereocenters. The van der Waals surface area contributed by atoms with Crippen molar-refractivity contribution in [3.05, 3.63) is 0 Å². The molecule has 0 spiro atoms. The minimum absolute atomic E-state index is 0.255. The second kappa shape index (κ2) is 4.25. The molecule has 3 heteroatoms. The first-order valence-corrected chi connectivity index (χ1v) is 6.76. The van der Waals surface area contributed by atoms with Gasteiger partial charge in [0.1, 0.15) is 8.30 Å². The number of nitrogens with zero attached hydrogens (tertiary/aromatic N) is 1. The van der Waals surface area contributed by atoms with Gasteiger partial charge < -0.3 is 4.52 Å². The van der Waals surface area contributed by atoms with E-state index in [1.54, 1.807) is 0 Å². The summed E-state index contributed by atoms with van der Waals surface area (Å²) in [6, 6.07) is 0.857. The molecule has 2 aliphatic rings. The molecule has 0 aliphatic carbocycles. The maximum absolute atomic E-state index is 5.90. The van der Waals surface area contributed by atoms with Gasteiger partial charge in [-0.2, -0.15) is 0 Å². The fourth-order valence-corrected chi connectivity index (χ4v) is 4.56. The molecule has 0 saturated carbocycles. The maximum atomic E-state index is 5.90. The molecule has 2 heterocycles. The zero-order chi connectivity index (χ0) is 9.26. The summed E-state index contributed by atoms with van der Waals surface area (Å²) in [6.07, 6.45) is 5.49. The van der Waals surface area contributed by atoms with Crippen LogP contribution >= 0.6 is 8.30 Å². The normalized spacial score (nSPS) is 36.2. The van der Waals surface area contributed by atoms with Gasteiger partial charge in [-0.1, -0.05) is 20.3 Å². The van der Waals surface area contributed by atoms with Gasteiger partial charge in [0.2, 0.25) is 0 Å². The predicted octanol–water partition coefficient (Wildman–Crippen LogP) is 2.98. The van der Waals surface area contributed by atoms with E-state index >= 15 is 0 Å². The van der Waals surface area contributed by atoms with Crippen molar-refractivity contribution in [1.82, 2.24) is 4.67 Å². The molecule has 76 valence electrons. The third-order valence-corrected chi connectivity index (χ3v) is 5.33. The van der Waals surface area contributed by atoms with Gasteiger partial charge in [-0.05, 0) is 19.3 Å². The first-order chi connectivity index (χ1) is 6.29. The highest BCUT2D eigenvalue weighted by molar-refractivity contribution is 7.50. The molecule has 0 aromatic carbocycles. The minimum Gasteiger partial charge on any atom is -0.343 e. The van der Waals surface area contributed by atoms with Crippen LogP contribution in [0.2, 0.25) is 0 Å². The van der Waals surface area contributed by atoms with Crippen LogP contribution in [-0.4, -0.2) is 29.5 Å². The van der Waals surface area contributed by atoms with E-state index in [4.69, 9.17) is 4.52 Å². The lowest BCUT2D eigenvalue weighted by Gasteiger charge is -2.45. The summed E-state index contributed by atoms with van der Waals surface area (Å²) in [5.74, 6) is 0. The molecule has 13 heavy (non-hydrogen) atoms. The number of fused-ring (bicyclic) bond motifs is 1. The van der Waals surface area contributed by atoms with Gasteiger partial charge in [-0.25, -0.2) is 0 Å². The Morgan fingerprint density at radius 1 is 1.31 bits per heavy atom. The van der Waals surface area contributed by atoms with E-state index in [-0.39, 0.29) is 8.30 Å². The minimum atomic E-state index is -0.255. The summed E-state index contributed by atoms with van der Waals surface area (Å²) in [5.41, 5.74) is 0.705. The van der Waals surface area contributed by atoms with Crippen molar-refractivity contribution in [1.29, 1.82) is 0 Å². The maximum Gasteiger partial charge on any atom is 0.107 e. The van der Waals surface area contributed by atoms with E-state index in [9.17, 15) is 0 Å². The van der Waals surface area contributed by atoms with Gasteiger partial charge in [0.05, 0.1) is 6.61 Å². The summed E-state index contributed by atoms with van der Waals surface area (Å²) in [4.78, 5) is 0. The van der Waals surface area contributed by atoms with E-state index in [2.05, 4.69) is 18.5 Å². The molecular formula is C10H20NOP. The highest BCUT2D eigenvalue weighted by Gasteiger charge is 2.34. The van der Waals surface area contributed by atoms with Crippen LogP contribution in [0.5, 0.6) is 0 Å². The molecule has 2 saturated heterocycles. The van der Waals surface area contributed by atoms with Crippen LogP contribution in [0.3, 0.4) is 0 Å². The predicted molar refractivity (Wildman–Crippen MR) is 57.0 cm³/mol. The Morgan fingerprint density at radius 2 is 2.15 bits per heavy atom. The molecule has 0 radical (unpaired) electrons. The van der Waals surface area contributed by atoms with Crippen LogP contribution in [0.15, 0.2) is 0 Å². The fraction of sp³-hybridized carbons (Fsp3) is 1.00. The lowest BCUT2D eigenvalue weighted by atomic mass is 10.0. The molecule has 0 bridgehead atoms. The zero-order valence-corrected chi connectivity index (χ0v) is 9.59. The highest BCUT2D eigenvalue weighted by Crippen LogP contribution is 2.52. The Hall–Kier alpha value is 0.350. The molecule has 0 aromatic heterocycles. The van der Waals surface area contributed by atoms with Crippen molar-refractivity contribution in [2.24, 2.45) is 0 Å². The molecule has 2 aliphatic heterocycles. The van der Waals surface area contributed by atoms with Crippen molar-refractivity contribution in [3.63, 3.8) is 0 Å². The van der Waals surface area contributed by atoms with Gasteiger partial charge in [0.15, 0.2) is 0 Å². The number of hydrogen-bond acceptors (Lipinski definition) is 2. The van der Waals surface area contributed by atoms with Crippen molar-refractivity contribution in [2.75, 3.05) is 13.2 Å². The van der Waals surface area contributed by atoms with Crippen LogP contribution in [0.4, 0.5) is 0 Å². The smallest absolute Gasteiger partial charge is 0.107 e. The Bertz CT molecular complexity index is 172. The van der Waals surface area contributed by atoms with E-state index < -0.39 is 0 Å². The van der Waals surface area contributed by atoms with Gasteiger partial charge in [-0.3, -0.25) is 4.67 Å². The van der Waals surface area contributed by atoms with Crippen LogP contribution in [0.1, 0.15) is 39.5 Å². The standard InChI is InChI=1S/C10H20NOP/c1-9(2)13-11-7-4-3-5-10(11)6-8-12-13/h9-10H,3-8H2,1-2H3. The number of rotatable bonds is 1. The van der Waals surface area contributed by atoms with E-state index in [1.165, 1.54) is 32.2 Å². The molecule has 0 N–H and O–H groups in total. The first kappa shape index (κ1) is 9.89. The van der Waals surface area contributed by atoms with E-state index in [0.717, 1.165) is 12.6 Å². The second-order valence-electron chi connectivity index (χ2n) is 4.33. The zero-order valence-electron chi connectivity index (χ0n) is 8.70. The molecular weight excluding hydrogens is 181 g/mol. The van der Waals surface area contributed by atoms with E-state index in [0.29, 0.717) is 5.66 Å². The quantitative estimate of drug-likeness (QED) is 0.605. The highest BCUT2D eigenvalue weighted by atomic mass is 31.2. The number of piperidine rings is 1. The van der Waals surface area contributed by atoms with Crippen LogP contribution in [-0.2, 0) is 4.52 Å².